The van der Waals surface area contributed by atoms with Crippen LogP contribution in [0.5, 0.6) is 5.75 Å². The lowest BCUT2D eigenvalue weighted by Crippen LogP contribution is -2.54. The Morgan fingerprint density at radius 2 is 1.61 bits per heavy atom. The molecule has 0 bridgehead atoms. The van der Waals surface area contributed by atoms with Gasteiger partial charge in [0.2, 0.25) is 11.8 Å². The summed E-state index contributed by atoms with van der Waals surface area (Å²) in [6.45, 7) is 5.34. The molecular formula is C34H42ClN3O5S. The third-order valence-electron chi connectivity index (χ3n) is 8.31. The van der Waals surface area contributed by atoms with Crippen LogP contribution in [0.2, 0.25) is 5.02 Å². The first kappa shape index (κ1) is 33.3. The molecule has 0 radical (unpaired) electrons. The highest BCUT2D eigenvalue weighted by atomic mass is 35.5. The number of methoxy groups -OCH3 is 1. The number of ether oxygens (including phenoxy) is 1. The topological polar surface area (TPSA) is 96.0 Å². The maximum atomic E-state index is 14.3. The SMILES string of the molecule is CCC(C(=O)NC1CCCCC1)N(Cc1ccc(OC)cc1)C(=O)CN(c1ccc(C)c(C)c1)S(=O)(=O)c1ccc(Cl)cc1. The molecule has 1 atom stereocenters. The van der Waals surface area contributed by atoms with Crippen LogP contribution in [0.4, 0.5) is 5.69 Å². The van der Waals surface area contributed by atoms with Crippen LogP contribution in [0.1, 0.15) is 62.1 Å². The van der Waals surface area contributed by atoms with Gasteiger partial charge in [-0.1, -0.05) is 56.0 Å². The molecule has 1 saturated carbocycles. The summed E-state index contributed by atoms with van der Waals surface area (Å²) in [5.41, 5.74) is 3.04. The quantitative estimate of drug-likeness (QED) is 0.247. The summed E-state index contributed by atoms with van der Waals surface area (Å²) in [4.78, 5) is 29.5. The van der Waals surface area contributed by atoms with E-state index >= 15 is 0 Å². The van der Waals surface area contributed by atoms with Crippen molar-refractivity contribution < 1.29 is 22.7 Å². The fourth-order valence-corrected chi connectivity index (χ4v) is 7.07. The van der Waals surface area contributed by atoms with Crippen LogP contribution in [0.25, 0.3) is 0 Å². The number of benzene rings is 3. The van der Waals surface area contributed by atoms with Crippen LogP contribution < -0.4 is 14.4 Å². The summed E-state index contributed by atoms with van der Waals surface area (Å²) >= 11 is 6.05. The molecule has 1 aliphatic carbocycles. The number of carbonyl (C=O) groups is 2. The zero-order valence-electron chi connectivity index (χ0n) is 25.9. The van der Waals surface area contributed by atoms with E-state index in [9.17, 15) is 18.0 Å². The van der Waals surface area contributed by atoms with Gasteiger partial charge in [0.1, 0.15) is 18.3 Å². The van der Waals surface area contributed by atoms with Gasteiger partial charge >= 0.3 is 0 Å². The Labute approximate surface area is 266 Å². The summed E-state index contributed by atoms with van der Waals surface area (Å²) < 4.78 is 34.6. The number of halogens is 1. The van der Waals surface area contributed by atoms with Gasteiger partial charge in [-0.05, 0) is 98.3 Å². The molecule has 1 fully saturated rings. The van der Waals surface area contributed by atoms with Crippen LogP contribution in [-0.4, -0.2) is 50.9 Å². The van der Waals surface area contributed by atoms with E-state index in [2.05, 4.69) is 5.32 Å². The van der Waals surface area contributed by atoms with Crippen LogP contribution in [0.3, 0.4) is 0 Å². The Hall–Kier alpha value is -3.56. The molecule has 236 valence electrons. The zero-order chi connectivity index (χ0) is 31.9. The average Bonchev–Trinajstić information content (AvgIpc) is 3.02. The summed E-state index contributed by atoms with van der Waals surface area (Å²) in [5, 5.41) is 3.57. The van der Waals surface area contributed by atoms with E-state index in [1.165, 1.54) is 29.2 Å². The molecule has 8 nitrogen and oxygen atoms in total. The summed E-state index contributed by atoms with van der Waals surface area (Å²) in [6.07, 6.45) is 5.46. The number of carbonyl (C=O) groups excluding carboxylic acids is 2. The Morgan fingerprint density at radius 3 is 2.20 bits per heavy atom. The molecule has 0 aliphatic heterocycles. The van der Waals surface area contributed by atoms with E-state index in [0.717, 1.165) is 53.1 Å². The van der Waals surface area contributed by atoms with Crippen molar-refractivity contribution in [3.63, 3.8) is 0 Å². The first-order chi connectivity index (χ1) is 21.0. The maximum Gasteiger partial charge on any atom is 0.264 e. The van der Waals surface area contributed by atoms with Gasteiger partial charge in [0.15, 0.2) is 0 Å². The van der Waals surface area contributed by atoms with Gasteiger partial charge in [0, 0.05) is 17.6 Å². The molecule has 0 spiro atoms. The van der Waals surface area contributed by atoms with Crippen molar-refractivity contribution in [1.29, 1.82) is 0 Å². The molecule has 3 aromatic carbocycles. The second kappa shape index (κ2) is 14.9. The van der Waals surface area contributed by atoms with Crippen molar-refractivity contribution in [2.24, 2.45) is 0 Å². The van der Waals surface area contributed by atoms with Crippen LogP contribution in [-0.2, 0) is 26.2 Å². The second-order valence-corrected chi connectivity index (χ2v) is 13.7. The van der Waals surface area contributed by atoms with Gasteiger partial charge in [0.25, 0.3) is 10.0 Å². The Balaban J connectivity index is 1.72. The number of aryl methyl sites for hydroxylation is 2. The minimum atomic E-state index is -4.18. The standard InChI is InChI=1S/C34H42ClN3O5S/c1-5-32(34(40)36-28-9-7-6-8-10-28)37(22-26-12-17-30(43-4)18-13-26)33(39)23-38(29-16-11-24(2)25(3)21-29)44(41,42)31-19-14-27(35)15-20-31/h11-21,28,32H,5-10,22-23H2,1-4H3,(H,36,40). The van der Waals surface area contributed by atoms with Crippen molar-refractivity contribution in [2.45, 2.75) is 82.8 Å². The Kier molecular flexibility index (Phi) is 11.3. The smallest absolute Gasteiger partial charge is 0.264 e. The van der Waals surface area contributed by atoms with Gasteiger partial charge in [0.05, 0.1) is 17.7 Å². The summed E-state index contributed by atoms with van der Waals surface area (Å²) in [5.74, 6) is -0.0366. The molecule has 0 saturated heterocycles. The van der Waals surface area contributed by atoms with Crippen molar-refractivity contribution in [3.8, 4) is 5.75 Å². The predicted molar refractivity (Wildman–Crippen MR) is 175 cm³/mol. The average molecular weight is 640 g/mol. The number of hydrogen-bond acceptors (Lipinski definition) is 5. The fourth-order valence-electron chi connectivity index (χ4n) is 5.53. The molecule has 0 aromatic heterocycles. The number of sulfonamides is 1. The third-order valence-corrected chi connectivity index (χ3v) is 10.3. The van der Waals surface area contributed by atoms with E-state index in [1.54, 1.807) is 31.4 Å². The summed E-state index contributed by atoms with van der Waals surface area (Å²) in [7, 11) is -2.60. The largest absolute Gasteiger partial charge is 0.497 e. The first-order valence-corrected chi connectivity index (χ1v) is 16.9. The number of amides is 2. The van der Waals surface area contributed by atoms with Crippen LogP contribution >= 0.6 is 11.6 Å². The minimum absolute atomic E-state index is 0.0108. The van der Waals surface area contributed by atoms with E-state index < -0.39 is 28.5 Å². The maximum absolute atomic E-state index is 14.3. The second-order valence-electron chi connectivity index (χ2n) is 11.4. The van der Waals surface area contributed by atoms with Gasteiger partial charge in [-0.25, -0.2) is 8.42 Å². The number of hydrogen-bond donors (Lipinski definition) is 1. The summed E-state index contributed by atoms with van der Waals surface area (Å²) in [6, 6.07) is 17.7. The van der Waals surface area contributed by atoms with Gasteiger partial charge < -0.3 is 15.0 Å². The highest BCUT2D eigenvalue weighted by Crippen LogP contribution is 2.28. The molecule has 2 amide bonds. The lowest BCUT2D eigenvalue weighted by Gasteiger charge is -2.34. The fraction of sp³-hybridized carbons (Fsp3) is 0.412. The van der Waals surface area contributed by atoms with Crippen molar-refractivity contribution in [3.05, 3.63) is 88.4 Å². The van der Waals surface area contributed by atoms with E-state index in [-0.39, 0.29) is 23.4 Å². The Bertz CT molecular complexity index is 1540. The van der Waals surface area contributed by atoms with Gasteiger partial charge in [-0.3, -0.25) is 13.9 Å². The molecule has 1 N–H and O–H groups in total. The third kappa shape index (κ3) is 8.12. The van der Waals surface area contributed by atoms with Crippen LogP contribution in [0.15, 0.2) is 71.6 Å². The number of anilines is 1. The molecule has 4 rings (SSSR count). The lowest BCUT2D eigenvalue weighted by atomic mass is 9.95. The zero-order valence-corrected chi connectivity index (χ0v) is 27.5. The molecule has 44 heavy (non-hydrogen) atoms. The van der Waals surface area contributed by atoms with Gasteiger partial charge in [-0.2, -0.15) is 0 Å². The molecular weight excluding hydrogens is 598 g/mol. The first-order valence-electron chi connectivity index (χ1n) is 15.1. The lowest BCUT2D eigenvalue weighted by molar-refractivity contribution is -0.140. The van der Waals surface area contributed by atoms with Gasteiger partial charge in [-0.15, -0.1) is 0 Å². The predicted octanol–water partition coefficient (Wildman–Crippen LogP) is 6.42. The highest BCUT2D eigenvalue weighted by molar-refractivity contribution is 7.92. The van der Waals surface area contributed by atoms with Crippen molar-refractivity contribution in [2.75, 3.05) is 18.0 Å². The van der Waals surface area contributed by atoms with Crippen molar-refractivity contribution >= 4 is 39.1 Å². The number of nitrogens with one attached hydrogen (secondary N) is 1. The molecule has 0 heterocycles. The van der Waals surface area contributed by atoms with E-state index in [4.69, 9.17) is 16.3 Å². The molecule has 10 heteroatoms. The van der Waals surface area contributed by atoms with Crippen LogP contribution in [0, 0.1) is 13.8 Å². The minimum Gasteiger partial charge on any atom is -0.497 e. The number of nitrogens with zero attached hydrogens (tertiary/aromatic N) is 2. The van der Waals surface area contributed by atoms with E-state index in [1.807, 2.05) is 39.0 Å². The van der Waals surface area contributed by atoms with Crippen molar-refractivity contribution in [1.82, 2.24) is 10.2 Å². The molecule has 1 aliphatic rings. The highest BCUT2D eigenvalue weighted by Gasteiger charge is 2.34. The molecule has 3 aromatic rings. The van der Waals surface area contributed by atoms with E-state index in [0.29, 0.717) is 22.9 Å². The monoisotopic (exact) mass is 639 g/mol. The Morgan fingerprint density at radius 1 is 0.955 bits per heavy atom. The molecule has 1 unspecified atom stereocenters. The normalized spacial score (nSPS) is 14.5. The number of rotatable bonds is 12.